The Bertz CT molecular complexity index is 730. The summed E-state index contributed by atoms with van der Waals surface area (Å²) in [5, 5.41) is 18.2. The summed E-state index contributed by atoms with van der Waals surface area (Å²) in [6.07, 6.45) is 7.59. The minimum Gasteiger partial charge on any atom is -0.476 e. The molecule has 3 heterocycles. The minimum atomic E-state index is -0.903. The van der Waals surface area contributed by atoms with Gasteiger partial charge in [0.2, 0.25) is 0 Å². The Balaban J connectivity index is 1.49. The van der Waals surface area contributed by atoms with E-state index in [1.807, 2.05) is 27.8 Å². The molecule has 24 heavy (non-hydrogen) atoms. The van der Waals surface area contributed by atoms with Crippen LogP contribution in [0.25, 0.3) is 0 Å². The van der Waals surface area contributed by atoms with Crippen LogP contribution in [0.15, 0.2) is 18.5 Å². The highest BCUT2D eigenvalue weighted by Gasteiger charge is 2.37. The first-order chi connectivity index (χ1) is 11.7. The largest absolute Gasteiger partial charge is 0.476 e. The van der Waals surface area contributed by atoms with Crippen LogP contribution in [0, 0.1) is 0 Å². The van der Waals surface area contributed by atoms with Crippen LogP contribution in [0.2, 0.25) is 0 Å². The molecule has 0 amide bonds. The monoisotopic (exact) mass is 329 g/mol. The highest BCUT2D eigenvalue weighted by Crippen LogP contribution is 2.32. The number of aryl methyl sites for hydroxylation is 1. The van der Waals surface area contributed by atoms with Gasteiger partial charge in [-0.2, -0.15) is 10.2 Å². The zero-order chi connectivity index (χ0) is 16.7. The Hall–Kier alpha value is -2.15. The lowest BCUT2D eigenvalue weighted by atomic mass is 9.88. The lowest BCUT2D eigenvalue weighted by Crippen LogP contribution is -2.54. The minimum absolute atomic E-state index is 0.257. The molecule has 7 nitrogen and oxygen atoms in total. The highest BCUT2D eigenvalue weighted by molar-refractivity contribution is 5.87. The first-order valence-corrected chi connectivity index (χ1v) is 8.72. The summed E-state index contributed by atoms with van der Waals surface area (Å²) >= 11 is 0. The molecule has 128 valence electrons. The van der Waals surface area contributed by atoms with Crippen molar-refractivity contribution >= 4 is 5.97 Å². The van der Waals surface area contributed by atoms with Crippen molar-refractivity contribution in [2.75, 3.05) is 13.1 Å². The third-order valence-electron chi connectivity index (χ3n) is 5.26. The van der Waals surface area contributed by atoms with Gasteiger partial charge in [0.25, 0.3) is 0 Å². The summed E-state index contributed by atoms with van der Waals surface area (Å²) in [6, 6.07) is 2.82. The summed E-state index contributed by atoms with van der Waals surface area (Å²) in [4.78, 5) is 14.0. The van der Waals surface area contributed by atoms with Gasteiger partial charge in [-0.1, -0.05) is 6.92 Å². The number of carbonyl (C=O) groups is 1. The number of likely N-dealkylation sites (tertiary alicyclic amines) is 1. The number of fused-ring (bicyclic) bond motifs is 1. The van der Waals surface area contributed by atoms with Crippen LogP contribution in [0.3, 0.4) is 0 Å². The van der Waals surface area contributed by atoms with Crippen molar-refractivity contribution in [3.05, 3.63) is 35.4 Å². The van der Waals surface area contributed by atoms with Crippen molar-refractivity contribution in [3.63, 3.8) is 0 Å². The van der Waals surface area contributed by atoms with E-state index in [1.54, 1.807) is 0 Å². The molecule has 2 aromatic rings. The number of hydrogen-bond donors (Lipinski definition) is 1. The number of hydrogen-bond acceptors (Lipinski definition) is 4. The first kappa shape index (κ1) is 15.4. The molecular weight excluding hydrogens is 306 g/mol. The van der Waals surface area contributed by atoms with Crippen LogP contribution >= 0.6 is 0 Å². The molecule has 2 aliphatic rings. The Morgan fingerprint density at radius 2 is 2.21 bits per heavy atom. The molecule has 0 saturated carbocycles. The van der Waals surface area contributed by atoms with E-state index in [-0.39, 0.29) is 5.69 Å². The third-order valence-corrected chi connectivity index (χ3v) is 5.26. The van der Waals surface area contributed by atoms with E-state index >= 15 is 0 Å². The molecule has 1 saturated heterocycles. The molecule has 0 spiro atoms. The van der Waals surface area contributed by atoms with Crippen LogP contribution in [-0.4, -0.2) is 54.7 Å². The molecule has 7 heteroatoms. The lowest BCUT2D eigenvalue weighted by molar-refractivity contribution is 0.0457. The second-order valence-electron chi connectivity index (χ2n) is 6.79. The van der Waals surface area contributed by atoms with Crippen molar-refractivity contribution in [1.29, 1.82) is 0 Å². The second kappa shape index (κ2) is 6.05. The first-order valence-electron chi connectivity index (χ1n) is 8.72. The number of carboxylic acid groups (broad SMARTS) is 1. The average Bonchev–Trinajstić information content (AvgIpc) is 3.15. The van der Waals surface area contributed by atoms with Gasteiger partial charge in [-0.25, -0.2) is 4.79 Å². The predicted octanol–water partition coefficient (Wildman–Crippen LogP) is 1.60. The maximum atomic E-state index is 11.6. The molecule has 1 N–H and O–H groups in total. The van der Waals surface area contributed by atoms with Crippen LogP contribution < -0.4 is 0 Å². The van der Waals surface area contributed by atoms with Crippen LogP contribution in [-0.2, 0) is 19.4 Å². The average molecular weight is 329 g/mol. The van der Waals surface area contributed by atoms with Gasteiger partial charge in [-0.15, -0.1) is 0 Å². The van der Waals surface area contributed by atoms with E-state index in [9.17, 15) is 9.90 Å². The molecule has 4 rings (SSSR count). The molecule has 1 atom stereocenters. The summed E-state index contributed by atoms with van der Waals surface area (Å²) < 4.78 is 3.93. The van der Waals surface area contributed by atoms with Crippen LogP contribution in [0.1, 0.15) is 47.6 Å². The molecule has 2 aromatic heterocycles. The standard InChI is InChI=1S/C17H23N5O2/c1-2-7-22-15-5-4-12(9-14(15)16(19-22)17(23)24)20-10-13(11-20)21-8-3-6-18-21/h3,6,8,12-13H,2,4-5,7,9-11H2,1H3,(H,23,24)/t12-/m1/s1. The Kier molecular flexibility index (Phi) is 3.88. The van der Waals surface area contributed by atoms with Gasteiger partial charge < -0.3 is 5.11 Å². The molecule has 1 aliphatic carbocycles. The number of aromatic carboxylic acids is 1. The van der Waals surface area contributed by atoms with Crippen molar-refractivity contribution in [3.8, 4) is 0 Å². The quantitative estimate of drug-likeness (QED) is 0.902. The molecule has 0 bridgehead atoms. The van der Waals surface area contributed by atoms with Gasteiger partial charge in [-0.05, 0) is 31.7 Å². The van der Waals surface area contributed by atoms with E-state index in [1.165, 1.54) is 0 Å². The molecule has 0 radical (unpaired) electrons. The topological polar surface area (TPSA) is 76.2 Å². The third kappa shape index (κ3) is 2.53. The zero-order valence-corrected chi connectivity index (χ0v) is 13.9. The Labute approximate surface area is 140 Å². The normalized spacial score (nSPS) is 21.5. The maximum absolute atomic E-state index is 11.6. The van der Waals surface area contributed by atoms with Gasteiger partial charge in [0.1, 0.15) is 0 Å². The van der Waals surface area contributed by atoms with Gasteiger partial charge in [-0.3, -0.25) is 14.3 Å². The molecule has 0 unspecified atom stereocenters. The number of carboxylic acids is 1. The number of rotatable bonds is 5. The Morgan fingerprint density at radius 3 is 2.88 bits per heavy atom. The van der Waals surface area contributed by atoms with Gasteiger partial charge in [0, 0.05) is 49.3 Å². The van der Waals surface area contributed by atoms with Gasteiger partial charge in [0.05, 0.1) is 6.04 Å². The van der Waals surface area contributed by atoms with E-state index in [4.69, 9.17) is 0 Å². The summed E-state index contributed by atoms with van der Waals surface area (Å²) in [5.74, 6) is -0.903. The molecule has 0 aromatic carbocycles. The number of aromatic nitrogens is 4. The summed E-state index contributed by atoms with van der Waals surface area (Å²) in [6.45, 7) is 4.88. The van der Waals surface area contributed by atoms with Gasteiger partial charge >= 0.3 is 5.97 Å². The van der Waals surface area contributed by atoms with Crippen molar-refractivity contribution < 1.29 is 9.90 Å². The van der Waals surface area contributed by atoms with Crippen molar-refractivity contribution in [1.82, 2.24) is 24.5 Å². The van der Waals surface area contributed by atoms with Crippen LogP contribution in [0.5, 0.6) is 0 Å². The SMILES string of the molecule is CCCn1nc(C(=O)O)c2c1CC[C@@H](N1CC(n3cccn3)C1)C2. The van der Waals surface area contributed by atoms with Crippen molar-refractivity contribution in [2.45, 2.75) is 51.2 Å². The predicted molar refractivity (Wildman–Crippen MR) is 88.1 cm³/mol. The van der Waals surface area contributed by atoms with Crippen molar-refractivity contribution in [2.24, 2.45) is 0 Å². The lowest BCUT2D eigenvalue weighted by Gasteiger charge is -2.45. The molecule has 1 aliphatic heterocycles. The van der Waals surface area contributed by atoms with Gasteiger partial charge in [0.15, 0.2) is 5.69 Å². The van der Waals surface area contributed by atoms with Crippen LogP contribution in [0.4, 0.5) is 0 Å². The smallest absolute Gasteiger partial charge is 0.356 e. The fourth-order valence-electron chi connectivity index (χ4n) is 4.00. The van der Waals surface area contributed by atoms with E-state index in [2.05, 4.69) is 22.0 Å². The number of nitrogens with zero attached hydrogens (tertiary/aromatic N) is 5. The second-order valence-corrected chi connectivity index (χ2v) is 6.79. The molecular formula is C17H23N5O2. The fourth-order valence-corrected chi connectivity index (χ4v) is 4.00. The van der Waals surface area contributed by atoms with E-state index in [0.29, 0.717) is 12.1 Å². The van der Waals surface area contributed by atoms with E-state index in [0.717, 1.165) is 56.6 Å². The van der Waals surface area contributed by atoms with E-state index < -0.39 is 5.97 Å². The maximum Gasteiger partial charge on any atom is 0.356 e. The zero-order valence-electron chi connectivity index (χ0n) is 13.9. The Morgan fingerprint density at radius 1 is 1.38 bits per heavy atom. The fraction of sp³-hybridized carbons (Fsp3) is 0.588. The molecule has 1 fully saturated rings. The highest BCUT2D eigenvalue weighted by atomic mass is 16.4. The summed E-state index contributed by atoms with van der Waals surface area (Å²) in [5.41, 5.74) is 2.34. The summed E-state index contributed by atoms with van der Waals surface area (Å²) in [7, 11) is 0.